The highest BCUT2D eigenvalue weighted by atomic mass is 32.2. The molecule has 120 valence electrons. The fraction of sp³-hybridized carbons (Fsp3) is 0.0625. The Kier molecular flexibility index (Phi) is 3.70. The zero-order chi connectivity index (χ0) is 16.7. The Morgan fingerprint density at radius 2 is 2.12 bits per heavy atom. The van der Waals surface area contributed by atoms with Crippen LogP contribution in [0.3, 0.4) is 0 Å². The van der Waals surface area contributed by atoms with Gasteiger partial charge in [-0.3, -0.25) is 4.40 Å². The number of hydrogen-bond donors (Lipinski definition) is 1. The maximum Gasteiger partial charge on any atom is 0.194 e. The van der Waals surface area contributed by atoms with E-state index >= 15 is 0 Å². The van der Waals surface area contributed by atoms with Crippen LogP contribution in [-0.4, -0.2) is 30.7 Å². The van der Waals surface area contributed by atoms with E-state index in [0.29, 0.717) is 16.4 Å². The molecule has 0 aliphatic heterocycles. The Labute approximate surface area is 144 Å². The third kappa shape index (κ3) is 2.44. The van der Waals surface area contributed by atoms with E-state index in [2.05, 4.69) is 15.0 Å². The Morgan fingerprint density at radius 1 is 1.25 bits per heavy atom. The van der Waals surface area contributed by atoms with Crippen LogP contribution in [0.2, 0.25) is 0 Å². The number of rotatable bonds is 3. The van der Waals surface area contributed by atoms with Crippen molar-refractivity contribution >= 4 is 28.1 Å². The predicted molar refractivity (Wildman–Crippen MR) is 92.9 cm³/mol. The summed E-state index contributed by atoms with van der Waals surface area (Å²) < 4.78 is 15.3. The average molecular weight is 358 g/mol. The Bertz CT molecular complexity index is 1040. The molecular formula is C16H11FN4OS2. The molecule has 0 bridgehead atoms. The number of aromatic hydroxyl groups is 1. The van der Waals surface area contributed by atoms with Crippen LogP contribution in [0.4, 0.5) is 4.39 Å². The Hall–Kier alpha value is -2.45. The van der Waals surface area contributed by atoms with Crippen molar-refractivity contribution in [1.29, 1.82) is 0 Å². The lowest BCUT2D eigenvalue weighted by Gasteiger charge is -2.06. The molecule has 4 rings (SSSR count). The molecule has 24 heavy (non-hydrogen) atoms. The second-order valence-corrected chi connectivity index (χ2v) is 6.61. The maximum absolute atomic E-state index is 13.4. The Balaban J connectivity index is 1.99. The van der Waals surface area contributed by atoms with Gasteiger partial charge >= 0.3 is 0 Å². The number of nitrogens with zero attached hydrogens (tertiary/aromatic N) is 4. The monoisotopic (exact) mass is 358 g/mol. The number of phenolic OH excluding ortho intramolecular Hbond substituents is 1. The van der Waals surface area contributed by atoms with E-state index in [1.165, 1.54) is 35.2 Å². The average Bonchev–Trinajstić information content (AvgIpc) is 3.18. The minimum atomic E-state index is -0.659. The molecular weight excluding hydrogens is 347 g/mol. The molecule has 0 aliphatic carbocycles. The van der Waals surface area contributed by atoms with Crippen molar-refractivity contribution in [3.63, 3.8) is 0 Å². The van der Waals surface area contributed by atoms with Gasteiger partial charge in [-0.2, -0.15) is 0 Å². The van der Waals surface area contributed by atoms with Crippen LogP contribution in [0.5, 0.6) is 5.75 Å². The second-order valence-electron chi connectivity index (χ2n) is 4.96. The van der Waals surface area contributed by atoms with Crippen molar-refractivity contribution in [2.24, 2.45) is 0 Å². The lowest BCUT2D eigenvalue weighted by Crippen LogP contribution is -1.94. The molecule has 0 saturated carbocycles. The summed E-state index contributed by atoms with van der Waals surface area (Å²) in [6.45, 7) is 0. The first-order chi connectivity index (χ1) is 11.7. The molecule has 5 nitrogen and oxygen atoms in total. The summed E-state index contributed by atoms with van der Waals surface area (Å²) in [5, 5.41) is 12.3. The van der Waals surface area contributed by atoms with Gasteiger partial charge in [-0.25, -0.2) is 19.3 Å². The zero-order valence-corrected chi connectivity index (χ0v) is 14.1. The first kappa shape index (κ1) is 15.1. The molecule has 0 atom stereocenters. The predicted octanol–water partition coefficient (Wildman–Crippen LogP) is 4.09. The molecule has 4 aromatic rings. The Morgan fingerprint density at radius 3 is 2.92 bits per heavy atom. The van der Waals surface area contributed by atoms with Crippen LogP contribution < -0.4 is 0 Å². The number of benzene rings is 1. The van der Waals surface area contributed by atoms with Crippen molar-refractivity contribution in [2.45, 2.75) is 5.16 Å². The molecule has 0 fully saturated rings. The number of fused-ring (bicyclic) bond motifs is 1. The third-order valence-corrected chi connectivity index (χ3v) is 4.86. The van der Waals surface area contributed by atoms with E-state index in [0.717, 1.165) is 16.3 Å². The first-order valence-corrected chi connectivity index (χ1v) is 9.09. The van der Waals surface area contributed by atoms with Gasteiger partial charge in [0.15, 0.2) is 21.7 Å². The number of aromatic nitrogens is 4. The highest BCUT2D eigenvalue weighted by Crippen LogP contribution is 2.35. The first-order valence-electron chi connectivity index (χ1n) is 6.99. The minimum Gasteiger partial charge on any atom is -0.505 e. The molecule has 1 N–H and O–H groups in total. The summed E-state index contributed by atoms with van der Waals surface area (Å²) in [6, 6.07) is 6.02. The number of hydrogen-bond acceptors (Lipinski definition) is 6. The number of imidazole rings is 1. The normalized spacial score (nSPS) is 11.2. The van der Waals surface area contributed by atoms with Crippen LogP contribution in [0.1, 0.15) is 0 Å². The highest BCUT2D eigenvalue weighted by molar-refractivity contribution is 7.98. The van der Waals surface area contributed by atoms with Gasteiger partial charge in [0.2, 0.25) is 0 Å². The van der Waals surface area contributed by atoms with E-state index in [9.17, 15) is 9.50 Å². The largest absolute Gasteiger partial charge is 0.505 e. The summed E-state index contributed by atoms with van der Waals surface area (Å²) in [6.07, 6.45) is 5.52. The number of phenols is 1. The fourth-order valence-electron chi connectivity index (χ4n) is 2.46. The van der Waals surface area contributed by atoms with Gasteiger partial charge in [0.25, 0.3) is 0 Å². The van der Waals surface area contributed by atoms with Gasteiger partial charge in [0, 0.05) is 23.3 Å². The SMILES string of the molecule is CSc1nccc(-c2c(-c3ccc(F)c(O)c3)nc3sccn23)n1. The van der Waals surface area contributed by atoms with Crippen molar-refractivity contribution in [3.05, 3.63) is 47.9 Å². The van der Waals surface area contributed by atoms with Crippen molar-refractivity contribution in [3.8, 4) is 28.4 Å². The van der Waals surface area contributed by atoms with Gasteiger partial charge in [0.1, 0.15) is 5.69 Å². The van der Waals surface area contributed by atoms with Crippen molar-refractivity contribution in [1.82, 2.24) is 19.4 Å². The van der Waals surface area contributed by atoms with Gasteiger partial charge in [-0.15, -0.1) is 11.3 Å². The van der Waals surface area contributed by atoms with Gasteiger partial charge < -0.3 is 5.11 Å². The molecule has 3 aromatic heterocycles. The highest BCUT2D eigenvalue weighted by Gasteiger charge is 2.19. The van der Waals surface area contributed by atoms with E-state index in [1.807, 2.05) is 28.3 Å². The molecule has 0 unspecified atom stereocenters. The maximum atomic E-state index is 13.4. The van der Waals surface area contributed by atoms with Gasteiger partial charge in [0.05, 0.1) is 11.4 Å². The number of thioether (sulfide) groups is 1. The lowest BCUT2D eigenvalue weighted by molar-refractivity contribution is 0.432. The number of halogens is 1. The molecule has 0 spiro atoms. The molecule has 0 amide bonds. The van der Waals surface area contributed by atoms with Crippen molar-refractivity contribution in [2.75, 3.05) is 6.26 Å². The topological polar surface area (TPSA) is 63.3 Å². The van der Waals surface area contributed by atoms with Crippen LogP contribution in [0.15, 0.2) is 47.2 Å². The van der Waals surface area contributed by atoms with Crippen molar-refractivity contribution < 1.29 is 9.50 Å². The third-order valence-electron chi connectivity index (χ3n) is 3.54. The fourth-order valence-corrected chi connectivity index (χ4v) is 3.53. The summed E-state index contributed by atoms with van der Waals surface area (Å²) >= 11 is 2.95. The molecule has 0 aliphatic rings. The molecule has 8 heteroatoms. The van der Waals surface area contributed by atoms with E-state index in [1.54, 1.807) is 12.3 Å². The zero-order valence-electron chi connectivity index (χ0n) is 12.5. The standard InChI is InChI=1S/C16H11FN4OS2/c1-23-15-18-5-4-11(19-15)14-13(20-16-21(14)6-7-24-16)9-2-3-10(17)12(22)8-9/h2-8,22H,1H3. The summed E-state index contributed by atoms with van der Waals surface area (Å²) in [7, 11) is 0. The van der Waals surface area contributed by atoms with Crippen LogP contribution in [-0.2, 0) is 0 Å². The van der Waals surface area contributed by atoms with E-state index in [4.69, 9.17) is 0 Å². The minimum absolute atomic E-state index is 0.401. The summed E-state index contributed by atoms with van der Waals surface area (Å²) in [4.78, 5) is 14.2. The van der Waals surface area contributed by atoms with Gasteiger partial charge in [-0.1, -0.05) is 11.8 Å². The van der Waals surface area contributed by atoms with E-state index in [-0.39, 0.29) is 0 Å². The quantitative estimate of drug-likeness (QED) is 0.441. The van der Waals surface area contributed by atoms with Crippen LogP contribution in [0, 0.1) is 5.82 Å². The molecule has 1 aromatic carbocycles. The summed E-state index contributed by atoms with van der Waals surface area (Å²) in [5.41, 5.74) is 2.78. The van der Waals surface area contributed by atoms with Gasteiger partial charge in [-0.05, 0) is 30.5 Å². The van der Waals surface area contributed by atoms with Crippen LogP contribution in [0.25, 0.3) is 27.6 Å². The smallest absolute Gasteiger partial charge is 0.194 e. The van der Waals surface area contributed by atoms with Crippen LogP contribution >= 0.6 is 23.1 Å². The molecule has 0 radical (unpaired) electrons. The molecule has 3 heterocycles. The second kappa shape index (κ2) is 5.88. The molecule has 0 saturated heterocycles. The lowest BCUT2D eigenvalue weighted by atomic mass is 10.1. The number of thiazole rings is 1. The van der Waals surface area contributed by atoms with E-state index < -0.39 is 11.6 Å². The summed E-state index contributed by atoms with van der Waals surface area (Å²) in [5.74, 6) is -1.06.